The van der Waals surface area contributed by atoms with E-state index in [4.69, 9.17) is 5.73 Å². The average Bonchev–Trinajstić information content (AvgIpc) is 2.95. The molecule has 0 radical (unpaired) electrons. The summed E-state index contributed by atoms with van der Waals surface area (Å²) in [5.41, 5.74) is 5.67. The van der Waals surface area contributed by atoms with E-state index in [1.807, 2.05) is 12.1 Å². The van der Waals surface area contributed by atoms with Crippen LogP contribution in [-0.2, 0) is 0 Å². The van der Waals surface area contributed by atoms with Crippen LogP contribution in [-0.4, -0.2) is 18.1 Å². The molecule has 1 aliphatic carbocycles. The lowest BCUT2D eigenvalue weighted by Gasteiger charge is -2.27. The van der Waals surface area contributed by atoms with E-state index in [1.54, 1.807) is 0 Å². The molecule has 3 rings (SSSR count). The quantitative estimate of drug-likeness (QED) is 0.728. The summed E-state index contributed by atoms with van der Waals surface area (Å²) in [6.45, 7) is 2.33. The highest BCUT2D eigenvalue weighted by molar-refractivity contribution is 5.45. The maximum Gasteiger partial charge on any atom is 0.130 e. The summed E-state index contributed by atoms with van der Waals surface area (Å²) in [5, 5.41) is 0. The monoisotopic (exact) mass is 189 g/mol. The molecule has 0 bridgehead atoms. The summed E-state index contributed by atoms with van der Waals surface area (Å²) >= 11 is 0. The summed E-state index contributed by atoms with van der Waals surface area (Å²) in [6.07, 6.45) is 2.76. The molecular formula is C11H15N3. The number of nitrogens with two attached hydrogens (primary N) is 1. The van der Waals surface area contributed by atoms with E-state index in [1.165, 1.54) is 19.4 Å². The van der Waals surface area contributed by atoms with Crippen molar-refractivity contribution >= 4 is 11.6 Å². The molecule has 3 nitrogen and oxygen atoms in total. The van der Waals surface area contributed by atoms with Crippen molar-refractivity contribution in [2.45, 2.75) is 12.8 Å². The lowest BCUT2D eigenvalue weighted by atomic mass is 10.1. The van der Waals surface area contributed by atoms with Gasteiger partial charge in [-0.05, 0) is 36.8 Å². The van der Waals surface area contributed by atoms with Gasteiger partial charge in [0, 0.05) is 13.1 Å². The summed E-state index contributed by atoms with van der Waals surface area (Å²) in [4.78, 5) is 6.72. The van der Waals surface area contributed by atoms with E-state index in [0.29, 0.717) is 5.82 Å². The number of nitrogens with zero attached hydrogens (tertiary/aromatic N) is 2. The highest BCUT2D eigenvalue weighted by atomic mass is 15.2. The summed E-state index contributed by atoms with van der Waals surface area (Å²) in [5.74, 6) is 3.63. The van der Waals surface area contributed by atoms with E-state index in [2.05, 4.69) is 16.0 Å². The molecule has 2 N–H and O–H groups in total. The second-order valence-corrected chi connectivity index (χ2v) is 4.41. The van der Waals surface area contributed by atoms with Crippen LogP contribution in [0.3, 0.4) is 0 Å². The van der Waals surface area contributed by atoms with Crippen LogP contribution in [0.15, 0.2) is 18.2 Å². The maximum absolute atomic E-state index is 5.67. The lowest BCUT2D eigenvalue weighted by molar-refractivity contribution is 0.547. The Morgan fingerprint density at radius 2 is 2.29 bits per heavy atom. The number of rotatable bonds is 1. The fourth-order valence-electron chi connectivity index (χ4n) is 2.41. The molecule has 2 fully saturated rings. The first-order valence-corrected chi connectivity index (χ1v) is 5.30. The smallest absolute Gasteiger partial charge is 0.130 e. The van der Waals surface area contributed by atoms with E-state index in [-0.39, 0.29) is 0 Å². The third-order valence-corrected chi connectivity index (χ3v) is 3.37. The number of pyridine rings is 1. The van der Waals surface area contributed by atoms with Crippen LogP contribution in [0.2, 0.25) is 0 Å². The first-order valence-electron chi connectivity index (χ1n) is 5.30. The van der Waals surface area contributed by atoms with Crippen LogP contribution < -0.4 is 10.6 Å². The van der Waals surface area contributed by atoms with Crippen LogP contribution in [0, 0.1) is 11.8 Å². The van der Waals surface area contributed by atoms with Gasteiger partial charge in [-0.1, -0.05) is 6.07 Å². The zero-order valence-corrected chi connectivity index (χ0v) is 8.19. The molecule has 1 saturated heterocycles. The molecule has 2 aliphatic rings. The molecule has 2 atom stereocenters. The Balaban J connectivity index is 1.80. The van der Waals surface area contributed by atoms with Crippen molar-refractivity contribution in [1.29, 1.82) is 0 Å². The van der Waals surface area contributed by atoms with Crippen molar-refractivity contribution < 1.29 is 0 Å². The van der Waals surface area contributed by atoms with Gasteiger partial charge in [-0.2, -0.15) is 0 Å². The number of anilines is 2. The normalized spacial score (nSPS) is 29.9. The maximum atomic E-state index is 5.67. The molecule has 3 heteroatoms. The Labute approximate surface area is 83.9 Å². The number of piperidine rings is 1. The molecule has 74 valence electrons. The van der Waals surface area contributed by atoms with Gasteiger partial charge in [0.25, 0.3) is 0 Å². The molecule has 2 heterocycles. The van der Waals surface area contributed by atoms with Gasteiger partial charge in [0.1, 0.15) is 11.6 Å². The van der Waals surface area contributed by atoms with Gasteiger partial charge in [0.15, 0.2) is 0 Å². The first kappa shape index (κ1) is 8.09. The van der Waals surface area contributed by atoms with Crippen LogP contribution in [0.5, 0.6) is 0 Å². The molecule has 1 aromatic rings. The molecule has 0 spiro atoms. The Hall–Kier alpha value is -1.25. The Morgan fingerprint density at radius 1 is 1.36 bits per heavy atom. The van der Waals surface area contributed by atoms with Crippen molar-refractivity contribution in [2.24, 2.45) is 11.8 Å². The van der Waals surface area contributed by atoms with Crippen molar-refractivity contribution in [3.63, 3.8) is 0 Å². The highest BCUT2D eigenvalue weighted by Gasteiger charge is 2.41. The second-order valence-electron chi connectivity index (χ2n) is 4.41. The fraction of sp³-hybridized carbons (Fsp3) is 0.545. The van der Waals surface area contributed by atoms with E-state index >= 15 is 0 Å². The predicted octanol–water partition coefficient (Wildman–Crippen LogP) is 1.51. The van der Waals surface area contributed by atoms with Gasteiger partial charge in [-0.3, -0.25) is 0 Å². The zero-order valence-electron chi connectivity index (χ0n) is 8.19. The largest absolute Gasteiger partial charge is 0.384 e. The van der Waals surface area contributed by atoms with Gasteiger partial charge in [0.05, 0.1) is 0 Å². The summed E-state index contributed by atoms with van der Waals surface area (Å²) < 4.78 is 0. The van der Waals surface area contributed by atoms with Crippen LogP contribution >= 0.6 is 0 Å². The van der Waals surface area contributed by atoms with Crippen LogP contribution in [0.1, 0.15) is 12.8 Å². The molecule has 1 aliphatic heterocycles. The fourth-order valence-corrected chi connectivity index (χ4v) is 2.41. The van der Waals surface area contributed by atoms with Crippen LogP contribution in [0.4, 0.5) is 11.6 Å². The molecule has 2 unspecified atom stereocenters. The SMILES string of the molecule is Nc1cccc(N2CCC3CC3C2)n1. The first-order chi connectivity index (χ1) is 6.83. The van der Waals surface area contributed by atoms with Crippen molar-refractivity contribution in [3.05, 3.63) is 18.2 Å². The third-order valence-electron chi connectivity index (χ3n) is 3.37. The number of hydrogen-bond acceptors (Lipinski definition) is 3. The molecule has 1 saturated carbocycles. The Kier molecular flexibility index (Phi) is 1.66. The average molecular weight is 189 g/mol. The lowest BCUT2D eigenvalue weighted by Crippen LogP contribution is -2.31. The van der Waals surface area contributed by atoms with E-state index < -0.39 is 0 Å². The summed E-state index contributed by atoms with van der Waals surface area (Å²) in [6, 6.07) is 5.88. The minimum Gasteiger partial charge on any atom is -0.384 e. The second kappa shape index (κ2) is 2.87. The number of nitrogen functional groups attached to an aromatic ring is 1. The zero-order chi connectivity index (χ0) is 9.54. The predicted molar refractivity (Wildman–Crippen MR) is 57.1 cm³/mol. The molecule has 14 heavy (non-hydrogen) atoms. The van der Waals surface area contributed by atoms with Crippen molar-refractivity contribution in [1.82, 2.24) is 4.98 Å². The number of aromatic nitrogens is 1. The molecular weight excluding hydrogens is 174 g/mol. The topological polar surface area (TPSA) is 42.1 Å². The van der Waals surface area contributed by atoms with Crippen LogP contribution in [0.25, 0.3) is 0 Å². The minimum absolute atomic E-state index is 0.625. The Morgan fingerprint density at radius 3 is 3.07 bits per heavy atom. The highest BCUT2D eigenvalue weighted by Crippen LogP contribution is 2.45. The van der Waals surface area contributed by atoms with Gasteiger partial charge in [-0.25, -0.2) is 4.98 Å². The molecule has 0 aromatic carbocycles. The molecule has 1 aromatic heterocycles. The summed E-state index contributed by atoms with van der Waals surface area (Å²) in [7, 11) is 0. The van der Waals surface area contributed by atoms with Crippen molar-refractivity contribution in [2.75, 3.05) is 23.7 Å². The minimum atomic E-state index is 0.625. The van der Waals surface area contributed by atoms with Gasteiger partial charge < -0.3 is 10.6 Å². The molecule has 0 amide bonds. The number of fused-ring (bicyclic) bond motifs is 1. The number of hydrogen-bond donors (Lipinski definition) is 1. The Bertz CT molecular complexity index is 350. The van der Waals surface area contributed by atoms with E-state index in [0.717, 1.165) is 24.2 Å². The van der Waals surface area contributed by atoms with Gasteiger partial charge in [-0.15, -0.1) is 0 Å². The van der Waals surface area contributed by atoms with Gasteiger partial charge >= 0.3 is 0 Å². The van der Waals surface area contributed by atoms with Crippen molar-refractivity contribution in [3.8, 4) is 0 Å². The standard InChI is InChI=1S/C11H15N3/c12-10-2-1-3-11(13-10)14-5-4-8-6-9(8)7-14/h1-3,8-9H,4-7H2,(H2,12,13). The van der Waals surface area contributed by atoms with E-state index in [9.17, 15) is 0 Å². The van der Waals surface area contributed by atoms with Gasteiger partial charge in [0.2, 0.25) is 0 Å². The third kappa shape index (κ3) is 1.33.